The van der Waals surface area contributed by atoms with Crippen molar-refractivity contribution >= 4 is 43.2 Å². The topological polar surface area (TPSA) is 133 Å². The first-order valence-corrected chi connectivity index (χ1v) is 16.0. The number of dihydropyridines is 1. The van der Waals surface area contributed by atoms with Gasteiger partial charge in [0.1, 0.15) is 19.0 Å². The molecule has 2 aromatic carbocycles. The normalized spacial score (nSPS) is 19.8. The second kappa shape index (κ2) is 11.7. The van der Waals surface area contributed by atoms with Crippen LogP contribution in [0.5, 0.6) is 0 Å². The Labute approximate surface area is 243 Å². The van der Waals surface area contributed by atoms with Crippen molar-refractivity contribution in [3.8, 4) is 0 Å². The molecule has 2 heterocycles. The van der Waals surface area contributed by atoms with Crippen LogP contribution >= 0.6 is 11.6 Å². The minimum absolute atomic E-state index is 0.0166. The van der Waals surface area contributed by atoms with Gasteiger partial charge in [0.05, 0.1) is 44.8 Å². The third-order valence-electron chi connectivity index (χ3n) is 6.46. The lowest BCUT2D eigenvalue weighted by Crippen LogP contribution is -2.34. The summed E-state index contributed by atoms with van der Waals surface area (Å²) in [4.78, 5) is 25.0. The van der Waals surface area contributed by atoms with Crippen LogP contribution in [0.1, 0.15) is 34.3 Å². The lowest BCUT2D eigenvalue weighted by atomic mass is 9.86. The highest BCUT2D eigenvalue weighted by molar-refractivity contribution is 7.98. The van der Waals surface area contributed by atoms with E-state index in [0.717, 1.165) is 18.2 Å². The average Bonchev–Trinajstić information content (AvgIpc) is 2.97. The number of benzene rings is 2. The number of halogens is 5. The van der Waals surface area contributed by atoms with Crippen LogP contribution in [-0.4, -0.2) is 59.2 Å². The number of rotatable bonds is 6. The molecule has 0 saturated heterocycles. The van der Waals surface area contributed by atoms with Gasteiger partial charge in [-0.2, -0.15) is 13.2 Å². The van der Waals surface area contributed by atoms with Crippen LogP contribution in [0.2, 0.25) is 5.02 Å². The fourth-order valence-corrected chi connectivity index (χ4v) is 8.93. The summed E-state index contributed by atoms with van der Waals surface area (Å²) in [6.45, 7) is 0.255. The SMILES string of the molecule is CC1=C(C(=O)OCCOC(=O)c2ccc(C(F)(F)F)cc2)C(c2c(F)cccc2Cl)C2=C(CS(=O)(=O)CCS2(=O)=O)N1. The Kier molecular flexibility index (Phi) is 8.77. The van der Waals surface area contributed by atoms with E-state index in [4.69, 9.17) is 21.1 Å². The molecule has 0 fully saturated rings. The smallest absolute Gasteiger partial charge is 0.416 e. The molecule has 0 aromatic heterocycles. The van der Waals surface area contributed by atoms with E-state index in [1.54, 1.807) is 0 Å². The number of ether oxygens (including phenoxy) is 2. The standard InChI is InChI=1S/C26H22ClF4NO8S2/c1-14-20(25(34)40-10-9-39-24(33)15-5-7-16(8-6-15)26(29,30)31)22(21-17(27)3-2-4-18(21)28)23-19(32-14)13-41(35,36)11-12-42(23,37)38/h2-8,22,32H,9-13H2,1H3. The zero-order valence-electron chi connectivity index (χ0n) is 21.6. The van der Waals surface area contributed by atoms with Gasteiger partial charge in [-0.05, 0) is 43.3 Å². The number of carbonyl (C=O) groups is 2. The predicted octanol–water partition coefficient (Wildman–Crippen LogP) is 3.91. The molecule has 2 aliphatic heterocycles. The Bertz CT molecular complexity index is 1700. The van der Waals surface area contributed by atoms with Gasteiger partial charge in [0, 0.05) is 22.0 Å². The van der Waals surface area contributed by atoms with Gasteiger partial charge in [-0.1, -0.05) is 17.7 Å². The van der Waals surface area contributed by atoms with Crippen molar-refractivity contribution in [3.63, 3.8) is 0 Å². The summed E-state index contributed by atoms with van der Waals surface area (Å²) in [6.07, 6.45) is -4.59. The van der Waals surface area contributed by atoms with E-state index in [1.165, 1.54) is 19.1 Å². The molecule has 0 bridgehead atoms. The van der Waals surface area contributed by atoms with Crippen LogP contribution in [0.4, 0.5) is 17.6 Å². The molecule has 0 amide bonds. The molecule has 16 heteroatoms. The Morgan fingerprint density at radius 2 is 1.60 bits per heavy atom. The molecule has 4 rings (SSSR count). The first-order valence-electron chi connectivity index (χ1n) is 12.1. The summed E-state index contributed by atoms with van der Waals surface area (Å²) >= 11 is 6.27. The second-order valence-corrected chi connectivity index (χ2v) is 14.0. The number of esters is 2. The van der Waals surface area contributed by atoms with Crippen molar-refractivity contribution in [1.29, 1.82) is 0 Å². The average molecular weight is 652 g/mol. The second-order valence-electron chi connectivity index (χ2n) is 9.33. The van der Waals surface area contributed by atoms with Crippen LogP contribution in [0.3, 0.4) is 0 Å². The fraction of sp³-hybridized carbons (Fsp3) is 0.308. The van der Waals surface area contributed by atoms with Crippen molar-refractivity contribution in [2.45, 2.75) is 19.0 Å². The van der Waals surface area contributed by atoms with Crippen LogP contribution < -0.4 is 5.32 Å². The number of alkyl halides is 3. The third kappa shape index (κ3) is 6.63. The zero-order chi connectivity index (χ0) is 31.0. The summed E-state index contributed by atoms with van der Waals surface area (Å²) in [6, 6.07) is 6.78. The fourth-order valence-electron chi connectivity index (χ4n) is 4.55. The molecule has 0 saturated carbocycles. The maximum atomic E-state index is 15.2. The molecule has 2 aromatic rings. The maximum Gasteiger partial charge on any atom is 0.416 e. The highest BCUT2D eigenvalue weighted by Crippen LogP contribution is 2.45. The first-order chi connectivity index (χ1) is 19.5. The van der Waals surface area contributed by atoms with Crippen LogP contribution in [0, 0.1) is 5.82 Å². The maximum absolute atomic E-state index is 15.2. The van der Waals surface area contributed by atoms with Gasteiger partial charge in [0.2, 0.25) is 0 Å². The Balaban J connectivity index is 1.58. The van der Waals surface area contributed by atoms with Gasteiger partial charge in [-0.25, -0.2) is 30.8 Å². The lowest BCUT2D eigenvalue weighted by molar-refractivity contribution is -0.140. The Morgan fingerprint density at radius 1 is 0.976 bits per heavy atom. The van der Waals surface area contributed by atoms with Crippen molar-refractivity contribution < 1.29 is 53.5 Å². The van der Waals surface area contributed by atoms with Crippen LogP contribution in [0.25, 0.3) is 0 Å². The molecule has 2 aliphatic rings. The summed E-state index contributed by atoms with van der Waals surface area (Å²) < 4.78 is 115. The lowest BCUT2D eigenvalue weighted by Gasteiger charge is -2.31. The highest BCUT2D eigenvalue weighted by atomic mass is 35.5. The molecule has 0 aliphatic carbocycles. The van der Waals surface area contributed by atoms with Gasteiger partial charge in [0.25, 0.3) is 0 Å². The van der Waals surface area contributed by atoms with Gasteiger partial charge in [-0.15, -0.1) is 0 Å². The number of sulfone groups is 2. The summed E-state index contributed by atoms with van der Waals surface area (Å²) in [5, 5.41) is 2.43. The van der Waals surface area contributed by atoms with E-state index in [0.29, 0.717) is 12.1 Å². The third-order valence-corrected chi connectivity index (χ3v) is 10.5. The van der Waals surface area contributed by atoms with Gasteiger partial charge >= 0.3 is 18.1 Å². The van der Waals surface area contributed by atoms with E-state index in [9.17, 15) is 39.6 Å². The molecule has 1 N–H and O–H groups in total. The molecule has 1 atom stereocenters. The summed E-state index contributed by atoms with van der Waals surface area (Å²) in [5.74, 6) is -6.94. The summed E-state index contributed by atoms with van der Waals surface area (Å²) in [7, 11) is -8.24. The molecule has 9 nitrogen and oxygen atoms in total. The van der Waals surface area contributed by atoms with Gasteiger partial charge in [0.15, 0.2) is 19.7 Å². The Morgan fingerprint density at radius 3 is 2.19 bits per heavy atom. The quantitative estimate of drug-likeness (QED) is 0.280. The molecule has 0 spiro atoms. The number of allylic oxidation sites excluding steroid dienone is 2. The van der Waals surface area contributed by atoms with Crippen LogP contribution in [0.15, 0.2) is 64.3 Å². The largest absolute Gasteiger partial charge is 0.459 e. The number of hydrogen-bond donors (Lipinski definition) is 1. The van der Waals surface area contributed by atoms with E-state index in [-0.39, 0.29) is 33.1 Å². The molecule has 0 radical (unpaired) electrons. The van der Waals surface area contributed by atoms with E-state index < -0.39 is 90.5 Å². The number of carbonyl (C=O) groups excluding carboxylic acids is 2. The zero-order valence-corrected chi connectivity index (χ0v) is 24.0. The van der Waals surface area contributed by atoms with Crippen molar-refractivity contribution in [3.05, 3.63) is 91.9 Å². The molecule has 42 heavy (non-hydrogen) atoms. The van der Waals surface area contributed by atoms with E-state index in [2.05, 4.69) is 5.32 Å². The van der Waals surface area contributed by atoms with Gasteiger partial charge in [-0.3, -0.25) is 0 Å². The first kappa shape index (κ1) is 31.5. The van der Waals surface area contributed by atoms with Crippen molar-refractivity contribution in [2.75, 3.05) is 30.5 Å². The van der Waals surface area contributed by atoms with Crippen LogP contribution in [-0.2, 0) is 40.1 Å². The molecule has 226 valence electrons. The molecule has 1 unspecified atom stereocenters. The predicted molar refractivity (Wildman–Crippen MR) is 142 cm³/mol. The van der Waals surface area contributed by atoms with Gasteiger partial charge < -0.3 is 14.8 Å². The van der Waals surface area contributed by atoms with Crippen molar-refractivity contribution in [2.24, 2.45) is 0 Å². The monoisotopic (exact) mass is 651 g/mol. The Hall–Kier alpha value is -3.43. The molecular weight excluding hydrogens is 630 g/mol. The van der Waals surface area contributed by atoms with Crippen molar-refractivity contribution in [1.82, 2.24) is 5.32 Å². The number of hydrogen-bond acceptors (Lipinski definition) is 9. The minimum atomic E-state index is -4.59. The van der Waals surface area contributed by atoms with E-state index >= 15 is 4.39 Å². The summed E-state index contributed by atoms with van der Waals surface area (Å²) in [5.41, 5.74) is -2.15. The highest BCUT2D eigenvalue weighted by Gasteiger charge is 2.45. The number of nitrogens with one attached hydrogen (secondary N) is 1. The van der Waals surface area contributed by atoms with E-state index in [1.807, 2.05) is 0 Å². The minimum Gasteiger partial charge on any atom is -0.459 e. The molecular formula is C26H22ClF4NO8S2.